The molecule has 0 aliphatic rings. The van der Waals surface area contributed by atoms with Crippen molar-refractivity contribution in [1.29, 1.82) is 0 Å². The Morgan fingerprint density at radius 3 is 2.40 bits per heavy atom. The fraction of sp³-hybridized carbons (Fsp3) is 0.0769. The minimum Gasteiger partial charge on any atom is -0.392 e. The fourth-order valence-electron chi connectivity index (χ4n) is 1.57. The molecule has 0 saturated carbocycles. The molecule has 0 atom stereocenters. The zero-order chi connectivity index (χ0) is 10.7. The molecule has 0 heterocycles. The first-order valence-electron chi connectivity index (χ1n) is 4.76. The number of aliphatic hydroxyl groups is 1. The van der Waals surface area contributed by atoms with Crippen LogP contribution in [0.25, 0.3) is 11.1 Å². The van der Waals surface area contributed by atoms with Crippen molar-refractivity contribution in [3.8, 4) is 11.1 Å². The highest BCUT2D eigenvalue weighted by Crippen LogP contribution is 2.26. The van der Waals surface area contributed by atoms with E-state index in [0.717, 1.165) is 16.7 Å². The molecule has 0 unspecified atom stereocenters. The lowest BCUT2D eigenvalue weighted by molar-refractivity contribution is 0.282. The Bertz CT molecular complexity index is 451. The van der Waals surface area contributed by atoms with Gasteiger partial charge < -0.3 is 5.11 Å². The first-order chi connectivity index (χ1) is 7.31. The largest absolute Gasteiger partial charge is 0.392 e. The van der Waals surface area contributed by atoms with Gasteiger partial charge in [0.05, 0.1) is 6.61 Å². The van der Waals surface area contributed by atoms with E-state index < -0.39 is 0 Å². The Hall–Kier alpha value is -1.31. The number of hydrogen-bond donors (Lipinski definition) is 1. The lowest BCUT2D eigenvalue weighted by Crippen LogP contribution is -1.88. The molecule has 0 radical (unpaired) electrons. The van der Waals surface area contributed by atoms with Crippen LogP contribution in [0, 0.1) is 0 Å². The van der Waals surface area contributed by atoms with E-state index in [-0.39, 0.29) is 6.61 Å². The highest BCUT2D eigenvalue weighted by atomic mass is 35.5. The summed E-state index contributed by atoms with van der Waals surface area (Å²) in [6.45, 7) is 0.0292. The number of aliphatic hydroxyl groups excluding tert-OH is 1. The predicted molar refractivity (Wildman–Crippen MR) is 62.8 cm³/mol. The van der Waals surface area contributed by atoms with Gasteiger partial charge in [-0.25, -0.2) is 0 Å². The van der Waals surface area contributed by atoms with Crippen LogP contribution >= 0.6 is 11.6 Å². The van der Waals surface area contributed by atoms with Gasteiger partial charge in [0, 0.05) is 5.02 Å². The average molecular weight is 219 g/mol. The van der Waals surface area contributed by atoms with Crippen molar-refractivity contribution in [2.24, 2.45) is 0 Å². The van der Waals surface area contributed by atoms with E-state index in [2.05, 4.69) is 0 Å². The van der Waals surface area contributed by atoms with Gasteiger partial charge in [-0.1, -0.05) is 48.0 Å². The Balaban J connectivity index is 2.56. The minimum atomic E-state index is 0.0292. The third-order valence-corrected chi connectivity index (χ3v) is 2.56. The smallest absolute Gasteiger partial charge is 0.0687 e. The molecule has 0 aromatic heterocycles. The van der Waals surface area contributed by atoms with Crippen LogP contribution in [-0.2, 0) is 6.61 Å². The third-order valence-electron chi connectivity index (χ3n) is 2.33. The summed E-state index contributed by atoms with van der Waals surface area (Å²) in [7, 11) is 0. The van der Waals surface area contributed by atoms with Gasteiger partial charge in [-0.2, -0.15) is 0 Å². The zero-order valence-electron chi connectivity index (χ0n) is 8.15. The number of rotatable bonds is 2. The van der Waals surface area contributed by atoms with Gasteiger partial charge in [0.2, 0.25) is 0 Å². The molecule has 1 nitrogen and oxygen atoms in total. The van der Waals surface area contributed by atoms with Crippen LogP contribution in [0.15, 0.2) is 48.5 Å². The van der Waals surface area contributed by atoms with Crippen LogP contribution in [0.5, 0.6) is 0 Å². The second kappa shape index (κ2) is 4.47. The summed E-state index contributed by atoms with van der Waals surface area (Å²) in [6, 6.07) is 15.4. The van der Waals surface area contributed by atoms with Gasteiger partial charge in [-0.15, -0.1) is 0 Å². The van der Waals surface area contributed by atoms with E-state index in [1.54, 1.807) is 6.07 Å². The van der Waals surface area contributed by atoms with Crippen LogP contribution in [0.1, 0.15) is 5.56 Å². The summed E-state index contributed by atoms with van der Waals surface area (Å²) in [5, 5.41) is 9.91. The van der Waals surface area contributed by atoms with Crippen molar-refractivity contribution in [3.05, 3.63) is 59.1 Å². The average Bonchev–Trinajstić information content (AvgIpc) is 2.30. The van der Waals surface area contributed by atoms with E-state index in [1.807, 2.05) is 42.5 Å². The molecule has 0 aliphatic heterocycles. The van der Waals surface area contributed by atoms with Crippen LogP contribution in [0.4, 0.5) is 0 Å². The molecular formula is C13H11ClO. The van der Waals surface area contributed by atoms with Crippen LogP contribution in [0.3, 0.4) is 0 Å². The Morgan fingerprint density at radius 1 is 1.00 bits per heavy atom. The standard InChI is InChI=1S/C13H11ClO/c14-12-7-6-11(9-15)13(8-12)10-4-2-1-3-5-10/h1-8,15H,9H2. The topological polar surface area (TPSA) is 20.2 Å². The van der Waals surface area contributed by atoms with Gasteiger partial charge in [0.25, 0.3) is 0 Å². The van der Waals surface area contributed by atoms with Crippen molar-refractivity contribution >= 4 is 11.6 Å². The highest BCUT2D eigenvalue weighted by Gasteiger charge is 2.04. The van der Waals surface area contributed by atoms with Crippen molar-refractivity contribution in [2.75, 3.05) is 0 Å². The molecule has 1 N–H and O–H groups in total. The van der Waals surface area contributed by atoms with E-state index in [4.69, 9.17) is 11.6 Å². The van der Waals surface area contributed by atoms with Crippen molar-refractivity contribution in [3.63, 3.8) is 0 Å². The molecule has 0 bridgehead atoms. The van der Waals surface area contributed by atoms with E-state index in [9.17, 15) is 5.11 Å². The maximum Gasteiger partial charge on any atom is 0.0687 e. The molecule has 0 spiro atoms. The first-order valence-corrected chi connectivity index (χ1v) is 5.14. The Morgan fingerprint density at radius 2 is 1.73 bits per heavy atom. The summed E-state index contributed by atoms with van der Waals surface area (Å²) >= 11 is 5.94. The molecule has 2 rings (SSSR count). The third kappa shape index (κ3) is 2.20. The molecule has 76 valence electrons. The van der Waals surface area contributed by atoms with E-state index in [0.29, 0.717) is 5.02 Å². The van der Waals surface area contributed by atoms with Crippen LogP contribution in [-0.4, -0.2) is 5.11 Å². The summed E-state index contributed by atoms with van der Waals surface area (Å²) in [5.74, 6) is 0. The van der Waals surface area contributed by atoms with E-state index >= 15 is 0 Å². The summed E-state index contributed by atoms with van der Waals surface area (Å²) in [6.07, 6.45) is 0. The second-order valence-corrected chi connectivity index (χ2v) is 3.76. The van der Waals surface area contributed by atoms with Gasteiger partial charge in [0.15, 0.2) is 0 Å². The number of hydrogen-bond acceptors (Lipinski definition) is 1. The van der Waals surface area contributed by atoms with Gasteiger partial charge >= 0.3 is 0 Å². The molecule has 0 fully saturated rings. The molecule has 2 aromatic carbocycles. The quantitative estimate of drug-likeness (QED) is 0.818. The molecule has 2 heteroatoms. The zero-order valence-corrected chi connectivity index (χ0v) is 8.91. The predicted octanol–water partition coefficient (Wildman–Crippen LogP) is 3.50. The lowest BCUT2D eigenvalue weighted by Gasteiger charge is -2.07. The number of halogens is 1. The Labute approximate surface area is 94.0 Å². The summed E-state index contributed by atoms with van der Waals surface area (Å²) in [5.41, 5.74) is 2.96. The highest BCUT2D eigenvalue weighted by molar-refractivity contribution is 6.30. The lowest BCUT2D eigenvalue weighted by atomic mass is 10.0. The van der Waals surface area contributed by atoms with Crippen LogP contribution in [0.2, 0.25) is 5.02 Å². The van der Waals surface area contributed by atoms with Crippen molar-refractivity contribution in [2.45, 2.75) is 6.61 Å². The van der Waals surface area contributed by atoms with Gasteiger partial charge in [-0.05, 0) is 28.8 Å². The normalized spacial score (nSPS) is 10.3. The SMILES string of the molecule is OCc1ccc(Cl)cc1-c1ccccc1. The maximum absolute atomic E-state index is 9.23. The molecule has 2 aromatic rings. The molecule has 15 heavy (non-hydrogen) atoms. The van der Waals surface area contributed by atoms with Gasteiger partial charge in [-0.3, -0.25) is 0 Å². The van der Waals surface area contributed by atoms with Crippen molar-refractivity contribution < 1.29 is 5.11 Å². The second-order valence-electron chi connectivity index (χ2n) is 3.33. The first kappa shape index (κ1) is 10.2. The van der Waals surface area contributed by atoms with Gasteiger partial charge in [0.1, 0.15) is 0 Å². The summed E-state index contributed by atoms with van der Waals surface area (Å²) < 4.78 is 0. The number of benzene rings is 2. The molecule has 0 saturated heterocycles. The van der Waals surface area contributed by atoms with E-state index in [1.165, 1.54) is 0 Å². The maximum atomic E-state index is 9.23. The Kier molecular flexibility index (Phi) is 3.05. The fourth-order valence-corrected chi connectivity index (χ4v) is 1.75. The molecule has 0 amide bonds. The molecular weight excluding hydrogens is 208 g/mol. The minimum absolute atomic E-state index is 0.0292. The summed E-state index contributed by atoms with van der Waals surface area (Å²) in [4.78, 5) is 0. The van der Waals surface area contributed by atoms with Crippen molar-refractivity contribution in [1.82, 2.24) is 0 Å². The monoisotopic (exact) mass is 218 g/mol. The molecule has 0 aliphatic carbocycles. The van der Waals surface area contributed by atoms with Crippen LogP contribution < -0.4 is 0 Å².